The molecule has 0 radical (unpaired) electrons. The van der Waals surface area contributed by atoms with Gasteiger partial charge in [-0.25, -0.2) is 0 Å². The molecule has 0 saturated carbocycles. The topological polar surface area (TPSA) is 116 Å². The summed E-state index contributed by atoms with van der Waals surface area (Å²) in [6, 6.07) is 17.2. The number of nitrogens with zero attached hydrogens (tertiary/aromatic N) is 1. The Kier molecular flexibility index (Phi) is 9.53. The monoisotopic (exact) mass is 411 g/mol. The lowest BCUT2D eigenvalue weighted by Gasteiger charge is -2.22. The van der Waals surface area contributed by atoms with Crippen LogP contribution in [0.25, 0.3) is 0 Å². The van der Waals surface area contributed by atoms with Crippen molar-refractivity contribution in [2.24, 2.45) is 5.73 Å². The van der Waals surface area contributed by atoms with Gasteiger partial charge in [0.2, 0.25) is 5.91 Å². The van der Waals surface area contributed by atoms with Crippen LogP contribution in [0, 0.1) is 0 Å². The van der Waals surface area contributed by atoms with E-state index in [1.807, 2.05) is 42.5 Å². The quantitative estimate of drug-likeness (QED) is 0.325. The van der Waals surface area contributed by atoms with Gasteiger partial charge in [0, 0.05) is 12.6 Å². The van der Waals surface area contributed by atoms with Crippen molar-refractivity contribution < 1.29 is 19.6 Å². The van der Waals surface area contributed by atoms with Crippen molar-refractivity contribution >= 4 is 18.9 Å². The van der Waals surface area contributed by atoms with E-state index in [-0.39, 0.29) is 12.5 Å². The first kappa shape index (κ1) is 23.6. The largest absolute Gasteiger partial charge is 0.475 e. The van der Waals surface area contributed by atoms with Gasteiger partial charge in [-0.2, -0.15) is 0 Å². The van der Waals surface area contributed by atoms with Crippen LogP contribution in [0.15, 0.2) is 54.6 Å². The Labute approximate surface area is 178 Å². The van der Waals surface area contributed by atoms with Gasteiger partial charge in [0.1, 0.15) is 0 Å². The van der Waals surface area contributed by atoms with Crippen LogP contribution in [0.1, 0.15) is 40.7 Å². The maximum atomic E-state index is 13.0. The Morgan fingerprint density at radius 2 is 1.73 bits per heavy atom. The summed E-state index contributed by atoms with van der Waals surface area (Å²) in [6.07, 6.45) is 2.41. The number of nitrogens with one attached hydrogen (secondary N) is 1. The molecule has 5 N–H and O–H groups in total. The zero-order valence-electron chi connectivity index (χ0n) is 17.3. The van der Waals surface area contributed by atoms with E-state index in [2.05, 4.69) is 5.32 Å². The highest BCUT2D eigenvalue weighted by Crippen LogP contribution is 2.16. The van der Waals surface area contributed by atoms with Crippen molar-refractivity contribution in [3.63, 3.8) is 0 Å². The van der Waals surface area contributed by atoms with Gasteiger partial charge in [0.05, 0.1) is 12.5 Å². The number of amides is 2. The highest BCUT2D eigenvalue weighted by Gasteiger charge is 2.26. The predicted molar refractivity (Wildman–Crippen MR) is 118 cm³/mol. The van der Waals surface area contributed by atoms with Crippen LogP contribution in [0.4, 0.5) is 0 Å². The van der Waals surface area contributed by atoms with Crippen LogP contribution in [0.2, 0.25) is 0 Å². The summed E-state index contributed by atoms with van der Waals surface area (Å²) in [5, 5.41) is 21.6. The van der Waals surface area contributed by atoms with Crippen LogP contribution in [-0.2, 0) is 11.2 Å². The molecule has 0 saturated heterocycles. The van der Waals surface area contributed by atoms with Crippen LogP contribution >= 0.6 is 0 Å². The van der Waals surface area contributed by atoms with Crippen molar-refractivity contribution in [3.05, 3.63) is 71.3 Å². The minimum atomic E-state index is -1.67. The Bertz CT molecular complexity index is 817. The normalized spacial score (nSPS) is 11.6. The minimum Gasteiger partial charge on any atom is -0.426 e. The van der Waals surface area contributed by atoms with E-state index in [1.165, 1.54) is 4.90 Å². The molecule has 2 amide bonds. The molecule has 1 atom stereocenters. The minimum absolute atomic E-state index is 0.182. The Morgan fingerprint density at radius 1 is 1.07 bits per heavy atom. The molecule has 8 heteroatoms. The average molecular weight is 411 g/mol. The third kappa shape index (κ3) is 7.29. The summed E-state index contributed by atoms with van der Waals surface area (Å²) in [4.78, 5) is 26.6. The van der Waals surface area contributed by atoms with Crippen molar-refractivity contribution in [1.82, 2.24) is 10.2 Å². The molecule has 0 aliphatic heterocycles. The molecule has 2 rings (SSSR count). The third-order valence-electron chi connectivity index (χ3n) is 4.89. The van der Waals surface area contributed by atoms with E-state index in [1.54, 1.807) is 19.2 Å². The first-order valence-corrected chi connectivity index (χ1v) is 10.1. The van der Waals surface area contributed by atoms with Gasteiger partial charge in [-0.3, -0.25) is 9.59 Å². The van der Waals surface area contributed by atoms with Crippen molar-refractivity contribution in [2.75, 3.05) is 20.1 Å². The molecule has 0 fully saturated rings. The molecule has 0 spiro atoms. The average Bonchev–Trinajstić information content (AvgIpc) is 2.73. The van der Waals surface area contributed by atoms with Gasteiger partial charge in [-0.05, 0) is 43.0 Å². The molecule has 0 aromatic heterocycles. The number of hydrogen-bond acceptors (Lipinski definition) is 5. The number of hydrogen-bond donors (Lipinski definition) is 4. The summed E-state index contributed by atoms with van der Waals surface area (Å²) in [5.74, 6) is -1.50. The van der Waals surface area contributed by atoms with E-state index < -0.39 is 19.0 Å². The fraction of sp³-hybridized carbons (Fsp3) is 0.364. The highest BCUT2D eigenvalue weighted by atomic mass is 16.4. The van der Waals surface area contributed by atoms with Crippen LogP contribution < -0.4 is 11.1 Å². The van der Waals surface area contributed by atoms with Gasteiger partial charge in [-0.1, -0.05) is 55.0 Å². The number of likely N-dealkylation sites (N-methyl/N-ethyl adjacent to an activating group) is 1. The predicted octanol–water partition coefficient (Wildman–Crippen LogP) is 0.975. The smallest absolute Gasteiger partial charge is 0.426 e. The molecule has 160 valence electrons. The van der Waals surface area contributed by atoms with E-state index in [0.717, 1.165) is 17.5 Å². The molecule has 30 heavy (non-hydrogen) atoms. The van der Waals surface area contributed by atoms with Gasteiger partial charge in [0.15, 0.2) is 0 Å². The standard InChI is InChI=1S/C22H30BN3O4/c1-26(16-21(27)25-20(23(29)30)13-7-8-14-24)22(28)19-12-6-5-11-18(19)15-17-9-3-2-4-10-17/h2-6,9-12,20,29-30H,7-8,13-16,24H2,1H3,(H,25,27)/t20-/m0/s1. The van der Waals surface area contributed by atoms with E-state index in [0.29, 0.717) is 31.4 Å². The fourth-order valence-corrected chi connectivity index (χ4v) is 3.25. The maximum absolute atomic E-state index is 13.0. The summed E-state index contributed by atoms with van der Waals surface area (Å²) < 4.78 is 0. The van der Waals surface area contributed by atoms with Crippen molar-refractivity contribution in [3.8, 4) is 0 Å². The lowest BCUT2D eigenvalue weighted by molar-refractivity contribution is -0.122. The second-order valence-electron chi connectivity index (χ2n) is 7.35. The van der Waals surface area contributed by atoms with Gasteiger partial charge in [-0.15, -0.1) is 0 Å². The molecule has 0 aliphatic rings. The molecule has 0 unspecified atom stereocenters. The lowest BCUT2D eigenvalue weighted by atomic mass is 9.76. The Hall–Kier alpha value is -2.68. The summed E-state index contributed by atoms with van der Waals surface area (Å²) in [6.45, 7) is 0.320. The number of nitrogens with two attached hydrogens (primary N) is 1. The molecule has 7 nitrogen and oxygen atoms in total. The number of benzene rings is 2. The van der Waals surface area contributed by atoms with Crippen LogP contribution in [-0.4, -0.2) is 60.0 Å². The molecular weight excluding hydrogens is 381 g/mol. The Morgan fingerprint density at radius 3 is 2.40 bits per heavy atom. The maximum Gasteiger partial charge on any atom is 0.475 e. The fourth-order valence-electron chi connectivity index (χ4n) is 3.25. The molecule has 2 aromatic rings. The van der Waals surface area contributed by atoms with Crippen molar-refractivity contribution in [2.45, 2.75) is 31.6 Å². The van der Waals surface area contributed by atoms with E-state index in [9.17, 15) is 19.6 Å². The van der Waals surface area contributed by atoms with Crippen molar-refractivity contribution in [1.29, 1.82) is 0 Å². The second-order valence-corrected chi connectivity index (χ2v) is 7.35. The van der Waals surface area contributed by atoms with E-state index >= 15 is 0 Å². The highest BCUT2D eigenvalue weighted by molar-refractivity contribution is 6.43. The summed E-state index contributed by atoms with van der Waals surface area (Å²) in [7, 11) is -0.112. The summed E-state index contributed by atoms with van der Waals surface area (Å²) >= 11 is 0. The second kappa shape index (κ2) is 12.1. The van der Waals surface area contributed by atoms with Crippen LogP contribution in [0.5, 0.6) is 0 Å². The zero-order valence-corrected chi connectivity index (χ0v) is 17.3. The Balaban J connectivity index is 2.01. The molecular formula is C22H30BN3O4. The third-order valence-corrected chi connectivity index (χ3v) is 4.89. The molecule has 0 bridgehead atoms. The first-order valence-electron chi connectivity index (χ1n) is 10.1. The van der Waals surface area contributed by atoms with Gasteiger partial charge in [0.25, 0.3) is 5.91 Å². The summed E-state index contributed by atoms with van der Waals surface area (Å²) in [5.41, 5.74) is 7.96. The number of carbonyl (C=O) groups is 2. The van der Waals surface area contributed by atoms with Crippen LogP contribution in [0.3, 0.4) is 0 Å². The SMILES string of the molecule is CN(CC(=O)N[C@@H](CCCCN)B(O)O)C(=O)c1ccccc1Cc1ccccc1. The van der Waals surface area contributed by atoms with E-state index in [4.69, 9.17) is 5.73 Å². The number of unbranched alkanes of at least 4 members (excludes halogenated alkanes) is 1. The molecule has 2 aromatic carbocycles. The van der Waals surface area contributed by atoms with Gasteiger partial charge < -0.3 is 26.0 Å². The first-order chi connectivity index (χ1) is 14.4. The lowest BCUT2D eigenvalue weighted by Crippen LogP contribution is -2.49. The number of carbonyl (C=O) groups excluding carboxylic acids is 2. The number of rotatable bonds is 11. The van der Waals surface area contributed by atoms with Gasteiger partial charge >= 0.3 is 7.12 Å². The zero-order chi connectivity index (χ0) is 21.9. The molecule has 0 heterocycles. The molecule has 0 aliphatic carbocycles.